The fourth-order valence-electron chi connectivity index (χ4n) is 1.76. The Balaban J connectivity index is 2.36. The van der Waals surface area contributed by atoms with Crippen LogP contribution in [-0.2, 0) is 0 Å². The molecule has 14 heavy (non-hydrogen) atoms. The van der Waals surface area contributed by atoms with Crippen molar-refractivity contribution in [3.05, 3.63) is 0 Å². The third-order valence-corrected chi connectivity index (χ3v) is 2.57. The van der Waals surface area contributed by atoms with E-state index < -0.39 is 6.09 Å². The Kier molecular flexibility index (Phi) is 4.16. The van der Waals surface area contributed by atoms with Crippen LogP contribution in [0.3, 0.4) is 0 Å². The van der Waals surface area contributed by atoms with E-state index in [0.717, 1.165) is 12.8 Å². The molecule has 1 heterocycles. The Hall–Kier alpha value is -0.810. The molecule has 2 atom stereocenters. The van der Waals surface area contributed by atoms with Gasteiger partial charge in [-0.05, 0) is 19.8 Å². The summed E-state index contributed by atoms with van der Waals surface area (Å²) in [5.74, 6) is 0. The minimum atomic E-state index is -0.822. The topological polar surface area (TPSA) is 78.6 Å². The van der Waals surface area contributed by atoms with E-state index in [-0.39, 0.29) is 12.1 Å². The normalized spacial score (nSPS) is 24.7. The highest BCUT2D eigenvalue weighted by Gasteiger charge is 2.23. The number of piperidine rings is 1. The number of nitrogens with one attached hydrogen (secondary N) is 1. The molecule has 0 aliphatic carbocycles. The van der Waals surface area contributed by atoms with Gasteiger partial charge in [0.25, 0.3) is 0 Å². The van der Waals surface area contributed by atoms with Gasteiger partial charge in [0, 0.05) is 31.7 Å². The van der Waals surface area contributed by atoms with E-state index in [1.165, 1.54) is 4.90 Å². The number of carboxylic acid groups (broad SMARTS) is 1. The SMILES string of the molecule is CC(CN)NC1CCCN(C(=O)O)C1. The van der Waals surface area contributed by atoms with E-state index in [2.05, 4.69) is 5.32 Å². The first kappa shape index (κ1) is 11.3. The van der Waals surface area contributed by atoms with Crippen molar-refractivity contribution in [1.82, 2.24) is 10.2 Å². The molecule has 1 aliphatic heterocycles. The third-order valence-electron chi connectivity index (χ3n) is 2.57. The first-order chi connectivity index (χ1) is 6.63. The highest BCUT2D eigenvalue weighted by molar-refractivity contribution is 5.65. The van der Waals surface area contributed by atoms with Crippen LogP contribution in [0.15, 0.2) is 0 Å². The zero-order chi connectivity index (χ0) is 10.6. The quantitative estimate of drug-likeness (QED) is 0.603. The lowest BCUT2D eigenvalue weighted by molar-refractivity contribution is 0.124. The molecule has 0 aromatic rings. The van der Waals surface area contributed by atoms with Crippen molar-refractivity contribution in [2.24, 2.45) is 5.73 Å². The maximum Gasteiger partial charge on any atom is 0.407 e. The molecule has 5 nitrogen and oxygen atoms in total. The monoisotopic (exact) mass is 201 g/mol. The minimum Gasteiger partial charge on any atom is -0.465 e. The smallest absolute Gasteiger partial charge is 0.407 e. The van der Waals surface area contributed by atoms with E-state index in [9.17, 15) is 4.79 Å². The van der Waals surface area contributed by atoms with Gasteiger partial charge >= 0.3 is 6.09 Å². The third kappa shape index (κ3) is 3.16. The molecule has 82 valence electrons. The number of nitrogens with two attached hydrogens (primary N) is 1. The summed E-state index contributed by atoms with van der Waals surface area (Å²) < 4.78 is 0. The van der Waals surface area contributed by atoms with Gasteiger partial charge in [-0.25, -0.2) is 4.79 Å². The lowest BCUT2D eigenvalue weighted by atomic mass is 10.1. The second kappa shape index (κ2) is 5.17. The first-order valence-electron chi connectivity index (χ1n) is 5.07. The molecule has 0 aromatic heterocycles. The molecule has 0 aromatic carbocycles. The number of hydrogen-bond acceptors (Lipinski definition) is 3. The zero-order valence-corrected chi connectivity index (χ0v) is 8.57. The van der Waals surface area contributed by atoms with Crippen LogP contribution in [0, 0.1) is 0 Å². The molecule has 1 aliphatic rings. The van der Waals surface area contributed by atoms with Crippen molar-refractivity contribution in [3.8, 4) is 0 Å². The van der Waals surface area contributed by atoms with Gasteiger partial charge in [0.05, 0.1) is 0 Å². The van der Waals surface area contributed by atoms with Crippen molar-refractivity contribution in [3.63, 3.8) is 0 Å². The van der Waals surface area contributed by atoms with Gasteiger partial charge in [-0.2, -0.15) is 0 Å². The van der Waals surface area contributed by atoms with Crippen LogP contribution in [0.5, 0.6) is 0 Å². The van der Waals surface area contributed by atoms with Gasteiger partial charge in [0.15, 0.2) is 0 Å². The second-order valence-corrected chi connectivity index (χ2v) is 3.87. The van der Waals surface area contributed by atoms with Crippen molar-refractivity contribution in [2.45, 2.75) is 31.8 Å². The zero-order valence-electron chi connectivity index (χ0n) is 8.57. The van der Waals surface area contributed by atoms with Crippen molar-refractivity contribution in [2.75, 3.05) is 19.6 Å². The van der Waals surface area contributed by atoms with Gasteiger partial charge in [-0.15, -0.1) is 0 Å². The summed E-state index contributed by atoms with van der Waals surface area (Å²) in [6, 6.07) is 0.521. The first-order valence-corrected chi connectivity index (χ1v) is 5.07. The van der Waals surface area contributed by atoms with E-state index in [0.29, 0.717) is 19.6 Å². The van der Waals surface area contributed by atoms with Crippen LogP contribution in [0.25, 0.3) is 0 Å². The largest absolute Gasteiger partial charge is 0.465 e. The van der Waals surface area contributed by atoms with Gasteiger partial charge < -0.3 is 21.1 Å². The Morgan fingerprint density at radius 2 is 2.50 bits per heavy atom. The predicted molar refractivity (Wildman–Crippen MR) is 54.3 cm³/mol. The Bertz CT molecular complexity index is 198. The molecule has 0 saturated carbocycles. The predicted octanol–water partition coefficient (Wildman–Crippen LogP) is 0.0656. The number of rotatable bonds is 3. The molecule has 4 N–H and O–H groups in total. The van der Waals surface area contributed by atoms with E-state index in [1.54, 1.807) is 0 Å². The summed E-state index contributed by atoms with van der Waals surface area (Å²) in [6.07, 6.45) is 1.15. The lowest BCUT2D eigenvalue weighted by Gasteiger charge is -2.32. The molecule has 1 rings (SSSR count). The van der Waals surface area contributed by atoms with Crippen LogP contribution in [0.1, 0.15) is 19.8 Å². The van der Waals surface area contributed by atoms with Crippen molar-refractivity contribution in [1.29, 1.82) is 0 Å². The van der Waals surface area contributed by atoms with E-state index in [4.69, 9.17) is 10.8 Å². The lowest BCUT2D eigenvalue weighted by Crippen LogP contribution is -2.51. The molecule has 2 unspecified atom stereocenters. The molecule has 1 amide bonds. The Morgan fingerprint density at radius 1 is 1.79 bits per heavy atom. The van der Waals surface area contributed by atoms with Crippen LogP contribution in [-0.4, -0.2) is 47.8 Å². The van der Waals surface area contributed by atoms with Gasteiger partial charge in [-0.1, -0.05) is 0 Å². The maximum absolute atomic E-state index is 10.7. The number of amides is 1. The fraction of sp³-hybridized carbons (Fsp3) is 0.889. The summed E-state index contributed by atoms with van der Waals surface area (Å²) in [6.45, 7) is 3.84. The number of nitrogens with zero attached hydrogens (tertiary/aromatic N) is 1. The molecule has 0 spiro atoms. The van der Waals surface area contributed by atoms with E-state index >= 15 is 0 Å². The summed E-state index contributed by atoms with van der Waals surface area (Å²) in [4.78, 5) is 12.2. The van der Waals surface area contributed by atoms with Crippen LogP contribution in [0.2, 0.25) is 0 Å². The molecule has 1 saturated heterocycles. The second-order valence-electron chi connectivity index (χ2n) is 3.87. The number of carbonyl (C=O) groups is 1. The molecule has 0 radical (unpaired) electrons. The maximum atomic E-state index is 10.7. The summed E-state index contributed by atoms with van der Waals surface area (Å²) in [5.41, 5.74) is 5.49. The van der Waals surface area contributed by atoms with Crippen LogP contribution in [0.4, 0.5) is 4.79 Å². The molecular weight excluding hydrogens is 182 g/mol. The van der Waals surface area contributed by atoms with Crippen LogP contribution >= 0.6 is 0 Å². The fourth-order valence-corrected chi connectivity index (χ4v) is 1.76. The number of hydrogen-bond donors (Lipinski definition) is 3. The van der Waals surface area contributed by atoms with Gasteiger partial charge in [0.2, 0.25) is 0 Å². The minimum absolute atomic E-state index is 0.258. The molecular formula is C9H19N3O2. The molecule has 0 bridgehead atoms. The Labute approximate surface area is 84.3 Å². The average molecular weight is 201 g/mol. The summed E-state index contributed by atoms with van der Waals surface area (Å²) in [5, 5.41) is 12.1. The Morgan fingerprint density at radius 3 is 3.07 bits per heavy atom. The summed E-state index contributed by atoms with van der Waals surface area (Å²) >= 11 is 0. The molecule has 1 fully saturated rings. The van der Waals surface area contributed by atoms with Gasteiger partial charge in [-0.3, -0.25) is 0 Å². The standard InChI is InChI=1S/C9H19N3O2/c1-7(5-10)11-8-3-2-4-12(6-8)9(13)14/h7-8,11H,2-6,10H2,1H3,(H,13,14). The van der Waals surface area contributed by atoms with E-state index in [1.807, 2.05) is 6.92 Å². The average Bonchev–Trinajstić information content (AvgIpc) is 2.18. The number of likely N-dealkylation sites (tertiary alicyclic amines) is 1. The highest BCUT2D eigenvalue weighted by Crippen LogP contribution is 2.10. The molecule has 5 heteroatoms. The van der Waals surface area contributed by atoms with Crippen molar-refractivity contribution < 1.29 is 9.90 Å². The van der Waals surface area contributed by atoms with Crippen LogP contribution < -0.4 is 11.1 Å². The highest BCUT2D eigenvalue weighted by atomic mass is 16.4. The van der Waals surface area contributed by atoms with Crippen molar-refractivity contribution >= 4 is 6.09 Å². The summed E-state index contributed by atoms with van der Waals surface area (Å²) in [7, 11) is 0. The van der Waals surface area contributed by atoms with Gasteiger partial charge in [0.1, 0.15) is 0 Å².